The van der Waals surface area contributed by atoms with Gasteiger partial charge in [0, 0.05) is 18.7 Å². The first-order chi connectivity index (χ1) is 9.84. The van der Waals surface area contributed by atoms with Gasteiger partial charge < -0.3 is 10.5 Å². The fourth-order valence-electron chi connectivity index (χ4n) is 2.87. The predicted molar refractivity (Wildman–Crippen MR) is 85.3 cm³/mol. The predicted octanol–water partition coefficient (Wildman–Crippen LogP) is 2.31. The van der Waals surface area contributed by atoms with Crippen LogP contribution in [0.4, 0.5) is 0 Å². The van der Waals surface area contributed by atoms with Crippen molar-refractivity contribution in [2.24, 2.45) is 5.73 Å². The molecule has 0 amide bonds. The molecule has 1 aliphatic rings. The van der Waals surface area contributed by atoms with E-state index in [-0.39, 0.29) is 17.4 Å². The Kier molecular flexibility index (Phi) is 5.27. The van der Waals surface area contributed by atoms with Crippen molar-refractivity contribution in [3.05, 3.63) is 29.8 Å². The third-order valence-electron chi connectivity index (χ3n) is 3.97. The molecule has 0 spiro atoms. The molecule has 1 aromatic rings. The molecule has 0 saturated heterocycles. The van der Waals surface area contributed by atoms with Gasteiger partial charge in [-0.25, -0.2) is 8.42 Å². The average molecular weight is 311 g/mol. The van der Waals surface area contributed by atoms with E-state index in [0.29, 0.717) is 6.42 Å². The quantitative estimate of drug-likeness (QED) is 0.906. The second-order valence-electron chi connectivity index (χ2n) is 6.18. The zero-order valence-electron chi connectivity index (χ0n) is 12.8. The van der Waals surface area contributed by atoms with E-state index in [2.05, 4.69) is 0 Å². The van der Waals surface area contributed by atoms with Crippen LogP contribution in [0.5, 0.6) is 5.75 Å². The topological polar surface area (TPSA) is 69.4 Å². The molecule has 1 fully saturated rings. The molecule has 0 radical (unpaired) electrons. The summed E-state index contributed by atoms with van der Waals surface area (Å²) in [4.78, 5) is 0. The lowest BCUT2D eigenvalue weighted by atomic mass is 9.97. The lowest BCUT2D eigenvalue weighted by Gasteiger charge is -2.28. The second kappa shape index (κ2) is 6.79. The van der Waals surface area contributed by atoms with Gasteiger partial charge in [-0.15, -0.1) is 0 Å². The van der Waals surface area contributed by atoms with Crippen LogP contribution in [0.2, 0.25) is 0 Å². The average Bonchev–Trinajstić information content (AvgIpc) is 2.40. The number of hydrogen-bond donors (Lipinski definition) is 1. The molecule has 2 N–H and O–H groups in total. The Morgan fingerprint density at radius 3 is 2.52 bits per heavy atom. The van der Waals surface area contributed by atoms with E-state index in [1.165, 1.54) is 11.8 Å². The highest BCUT2D eigenvalue weighted by molar-refractivity contribution is 7.91. The van der Waals surface area contributed by atoms with Gasteiger partial charge in [-0.2, -0.15) is 0 Å². The fraction of sp³-hybridized carbons (Fsp3) is 0.625. The molecular formula is C16H25NO3S. The maximum absolute atomic E-state index is 11.7. The van der Waals surface area contributed by atoms with Crippen molar-refractivity contribution < 1.29 is 13.2 Å². The minimum atomic E-state index is -2.97. The lowest BCUT2D eigenvalue weighted by Crippen LogP contribution is -2.33. The number of benzene rings is 1. The highest BCUT2D eigenvalue weighted by Gasteiger charge is 2.29. The van der Waals surface area contributed by atoms with Crippen LogP contribution in [0.3, 0.4) is 0 Å². The molecule has 0 heterocycles. The Hall–Kier alpha value is -1.07. The van der Waals surface area contributed by atoms with Gasteiger partial charge in [-0.1, -0.05) is 12.1 Å². The normalized spacial score (nSPS) is 24.5. The zero-order chi connectivity index (χ0) is 15.5. The van der Waals surface area contributed by atoms with Gasteiger partial charge in [0.2, 0.25) is 0 Å². The van der Waals surface area contributed by atoms with Crippen molar-refractivity contribution in [2.75, 3.05) is 6.26 Å². The van der Waals surface area contributed by atoms with E-state index in [1.807, 2.05) is 31.2 Å². The summed E-state index contributed by atoms with van der Waals surface area (Å²) in [7, 11) is -2.97. The monoisotopic (exact) mass is 311 g/mol. The summed E-state index contributed by atoms with van der Waals surface area (Å²) in [6.07, 6.45) is 5.35. The molecule has 118 valence electrons. The minimum Gasteiger partial charge on any atom is -0.490 e. The van der Waals surface area contributed by atoms with E-state index in [0.717, 1.165) is 31.4 Å². The summed E-state index contributed by atoms with van der Waals surface area (Å²) in [5.74, 6) is 0.808. The molecule has 3 unspecified atom stereocenters. The van der Waals surface area contributed by atoms with Crippen LogP contribution in [0.1, 0.15) is 38.2 Å². The Labute approximate surface area is 127 Å². The van der Waals surface area contributed by atoms with Gasteiger partial charge in [-0.05, 0) is 50.3 Å². The van der Waals surface area contributed by atoms with E-state index >= 15 is 0 Å². The SMILES string of the molecule is CC(N)Cc1ccc(OC2CCCC(S(C)(=O)=O)C2)cc1. The Morgan fingerprint density at radius 1 is 1.29 bits per heavy atom. The van der Waals surface area contributed by atoms with Crippen LogP contribution < -0.4 is 10.5 Å². The Balaban J connectivity index is 1.95. The lowest BCUT2D eigenvalue weighted by molar-refractivity contribution is 0.156. The van der Waals surface area contributed by atoms with Crippen molar-refractivity contribution in [3.63, 3.8) is 0 Å². The summed E-state index contributed by atoms with van der Waals surface area (Å²) < 4.78 is 29.3. The van der Waals surface area contributed by atoms with Gasteiger partial charge in [0.15, 0.2) is 0 Å². The van der Waals surface area contributed by atoms with Crippen molar-refractivity contribution in [3.8, 4) is 5.75 Å². The number of sulfone groups is 1. The molecule has 1 saturated carbocycles. The third-order valence-corrected chi connectivity index (χ3v) is 5.61. The fourth-order valence-corrected chi connectivity index (χ4v) is 4.03. The van der Waals surface area contributed by atoms with Crippen LogP contribution in [0.15, 0.2) is 24.3 Å². The minimum absolute atomic E-state index is 0.00208. The molecule has 21 heavy (non-hydrogen) atoms. The van der Waals surface area contributed by atoms with Crippen LogP contribution >= 0.6 is 0 Å². The van der Waals surface area contributed by atoms with E-state index in [4.69, 9.17) is 10.5 Å². The highest BCUT2D eigenvalue weighted by atomic mass is 32.2. The summed E-state index contributed by atoms with van der Waals surface area (Å²) in [5.41, 5.74) is 6.97. The highest BCUT2D eigenvalue weighted by Crippen LogP contribution is 2.27. The van der Waals surface area contributed by atoms with Crippen LogP contribution in [-0.4, -0.2) is 32.1 Å². The number of ether oxygens (including phenoxy) is 1. The van der Waals surface area contributed by atoms with Gasteiger partial charge in [0.1, 0.15) is 15.6 Å². The second-order valence-corrected chi connectivity index (χ2v) is 8.51. The molecule has 4 nitrogen and oxygen atoms in total. The molecular weight excluding hydrogens is 286 g/mol. The van der Waals surface area contributed by atoms with Gasteiger partial charge in [-0.3, -0.25) is 0 Å². The van der Waals surface area contributed by atoms with Gasteiger partial charge in [0.25, 0.3) is 0 Å². The summed E-state index contributed by atoms with van der Waals surface area (Å²) in [5, 5.41) is -0.256. The zero-order valence-corrected chi connectivity index (χ0v) is 13.6. The summed E-state index contributed by atoms with van der Waals surface area (Å²) in [6.45, 7) is 1.98. The summed E-state index contributed by atoms with van der Waals surface area (Å²) in [6, 6.07) is 8.08. The molecule has 1 aromatic carbocycles. The standard InChI is InChI=1S/C16H25NO3S/c1-12(17)10-13-6-8-14(9-7-13)20-15-4-3-5-16(11-15)21(2,18)19/h6-9,12,15-16H,3-5,10-11,17H2,1-2H3. The van der Waals surface area contributed by atoms with Gasteiger partial charge >= 0.3 is 0 Å². The van der Waals surface area contributed by atoms with Crippen molar-refractivity contribution in [1.82, 2.24) is 0 Å². The van der Waals surface area contributed by atoms with Gasteiger partial charge in [0.05, 0.1) is 11.4 Å². The molecule has 0 aliphatic heterocycles. The first-order valence-corrected chi connectivity index (χ1v) is 9.50. The largest absolute Gasteiger partial charge is 0.490 e. The van der Waals surface area contributed by atoms with E-state index in [1.54, 1.807) is 0 Å². The number of rotatable bonds is 5. The van der Waals surface area contributed by atoms with Crippen molar-refractivity contribution in [2.45, 2.75) is 56.4 Å². The number of nitrogens with two attached hydrogens (primary N) is 1. The van der Waals surface area contributed by atoms with E-state index in [9.17, 15) is 8.42 Å². The van der Waals surface area contributed by atoms with E-state index < -0.39 is 9.84 Å². The maximum Gasteiger partial charge on any atom is 0.150 e. The van der Waals surface area contributed by atoms with Crippen molar-refractivity contribution in [1.29, 1.82) is 0 Å². The first kappa shape index (κ1) is 16.3. The van der Waals surface area contributed by atoms with Crippen LogP contribution in [-0.2, 0) is 16.3 Å². The Morgan fingerprint density at radius 2 is 1.95 bits per heavy atom. The maximum atomic E-state index is 11.7. The first-order valence-electron chi connectivity index (χ1n) is 7.54. The van der Waals surface area contributed by atoms with Crippen LogP contribution in [0.25, 0.3) is 0 Å². The molecule has 0 bridgehead atoms. The molecule has 5 heteroatoms. The summed E-state index contributed by atoms with van der Waals surface area (Å²) >= 11 is 0. The smallest absolute Gasteiger partial charge is 0.150 e. The molecule has 2 rings (SSSR count). The number of hydrogen-bond acceptors (Lipinski definition) is 4. The van der Waals surface area contributed by atoms with Crippen LogP contribution in [0, 0.1) is 0 Å². The molecule has 1 aliphatic carbocycles. The Bertz CT molecular complexity index is 551. The van der Waals surface area contributed by atoms with Crippen molar-refractivity contribution >= 4 is 9.84 Å². The molecule has 3 atom stereocenters. The third kappa shape index (κ3) is 5.00. The molecule has 0 aromatic heterocycles.